The fraction of sp³-hybridized carbons (Fsp3) is 0.261. The summed E-state index contributed by atoms with van der Waals surface area (Å²) in [5, 5.41) is 13.2. The van der Waals surface area contributed by atoms with Gasteiger partial charge in [0.1, 0.15) is 0 Å². The van der Waals surface area contributed by atoms with Gasteiger partial charge in [-0.2, -0.15) is 0 Å². The maximum Gasteiger partial charge on any atom is 0.293 e. The van der Waals surface area contributed by atoms with E-state index in [1.54, 1.807) is 30.3 Å². The lowest BCUT2D eigenvalue weighted by atomic mass is 10.1. The van der Waals surface area contributed by atoms with E-state index in [2.05, 4.69) is 5.32 Å². The zero-order valence-electron chi connectivity index (χ0n) is 18.6. The monoisotopic (exact) mass is 485 g/mol. The van der Waals surface area contributed by atoms with Crippen molar-refractivity contribution >= 4 is 40.6 Å². The van der Waals surface area contributed by atoms with Gasteiger partial charge in [-0.25, -0.2) is 0 Å². The molecule has 1 fully saturated rings. The van der Waals surface area contributed by atoms with Gasteiger partial charge in [-0.05, 0) is 42.5 Å². The number of ether oxygens (including phenoxy) is 2. The number of thioether (sulfide) groups is 1. The maximum atomic E-state index is 12.7. The molecule has 1 aliphatic rings. The third kappa shape index (κ3) is 5.93. The Balaban J connectivity index is 1.59. The highest BCUT2D eigenvalue weighted by atomic mass is 32.2. The van der Waals surface area contributed by atoms with Crippen LogP contribution < -0.4 is 14.8 Å². The van der Waals surface area contributed by atoms with E-state index in [-0.39, 0.29) is 35.7 Å². The Morgan fingerprint density at radius 1 is 1.21 bits per heavy atom. The first-order valence-corrected chi connectivity index (χ1v) is 11.2. The lowest BCUT2D eigenvalue weighted by Crippen LogP contribution is -2.37. The summed E-state index contributed by atoms with van der Waals surface area (Å²) in [6.07, 6.45) is 1.41. The van der Waals surface area contributed by atoms with Gasteiger partial charge in [0.05, 0.1) is 30.0 Å². The SMILES string of the molecule is CCOc1ccc(/C=C2\SC(=O)N(CCNC(=O)Cc3ccccc3[N+](=O)[O-])C2=O)cc1OC. The summed E-state index contributed by atoms with van der Waals surface area (Å²) < 4.78 is 10.8. The quantitative estimate of drug-likeness (QED) is 0.308. The van der Waals surface area contributed by atoms with E-state index in [1.165, 1.54) is 25.3 Å². The predicted octanol–water partition coefficient (Wildman–Crippen LogP) is 3.40. The van der Waals surface area contributed by atoms with E-state index in [0.717, 1.165) is 16.7 Å². The fourth-order valence-corrected chi connectivity index (χ4v) is 4.14. The Kier molecular flexibility index (Phi) is 8.25. The molecule has 3 amide bonds. The van der Waals surface area contributed by atoms with Gasteiger partial charge in [0.25, 0.3) is 16.8 Å². The van der Waals surface area contributed by atoms with Crippen molar-refractivity contribution in [1.29, 1.82) is 0 Å². The van der Waals surface area contributed by atoms with Gasteiger partial charge in [0, 0.05) is 24.7 Å². The minimum absolute atomic E-state index is 0.0166. The number of amides is 3. The van der Waals surface area contributed by atoms with Crippen molar-refractivity contribution in [2.45, 2.75) is 13.3 Å². The van der Waals surface area contributed by atoms with Gasteiger partial charge >= 0.3 is 0 Å². The highest BCUT2D eigenvalue weighted by molar-refractivity contribution is 8.18. The molecular weight excluding hydrogens is 462 g/mol. The highest BCUT2D eigenvalue weighted by Crippen LogP contribution is 2.34. The molecule has 2 aromatic carbocycles. The molecule has 0 aliphatic carbocycles. The largest absolute Gasteiger partial charge is 0.493 e. The van der Waals surface area contributed by atoms with Crippen LogP contribution in [0.1, 0.15) is 18.1 Å². The third-order valence-electron chi connectivity index (χ3n) is 4.86. The van der Waals surface area contributed by atoms with Crippen LogP contribution in [0, 0.1) is 10.1 Å². The molecule has 1 saturated heterocycles. The number of carbonyl (C=O) groups is 3. The summed E-state index contributed by atoms with van der Waals surface area (Å²) in [6, 6.07) is 11.2. The summed E-state index contributed by atoms with van der Waals surface area (Å²) in [6.45, 7) is 2.35. The predicted molar refractivity (Wildman–Crippen MR) is 127 cm³/mol. The average Bonchev–Trinajstić information content (AvgIpc) is 3.07. The Morgan fingerprint density at radius 3 is 2.68 bits per heavy atom. The standard InChI is InChI=1S/C23H23N3O7S/c1-3-33-18-9-8-15(12-19(18)32-2)13-20-22(28)25(23(29)34-20)11-10-24-21(27)14-16-6-4-5-7-17(16)26(30)31/h4-9,12-13H,3,10-11,14H2,1-2H3,(H,24,27)/b20-13-. The van der Waals surface area contributed by atoms with Gasteiger partial charge in [0.2, 0.25) is 5.91 Å². The summed E-state index contributed by atoms with van der Waals surface area (Å²) in [4.78, 5) is 49.1. The van der Waals surface area contributed by atoms with Crippen LogP contribution in [0.25, 0.3) is 6.08 Å². The number of nitrogens with one attached hydrogen (secondary N) is 1. The number of methoxy groups -OCH3 is 1. The Morgan fingerprint density at radius 2 is 1.97 bits per heavy atom. The van der Waals surface area contributed by atoms with E-state index >= 15 is 0 Å². The number of hydrogen-bond acceptors (Lipinski definition) is 8. The number of nitro groups is 1. The number of para-hydroxylation sites is 1. The van der Waals surface area contributed by atoms with E-state index in [0.29, 0.717) is 23.7 Å². The molecule has 0 spiro atoms. The second kappa shape index (κ2) is 11.3. The molecule has 10 nitrogen and oxygen atoms in total. The van der Waals surface area contributed by atoms with Crippen LogP contribution in [-0.2, 0) is 16.0 Å². The Bertz CT molecular complexity index is 1150. The molecule has 178 valence electrons. The zero-order valence-corrected chi connectivity index (χ0v) is 19.4. The molecule has 34 heavy (non-hydrogen) atoms. The average molecular weight is 486 g/mol. The summed E-state index contributed by atoms with van der Waals surface area (Å²) >= 11 is 0.810. The van der Waals surface area contributed by atoms with Crippen LogP contribution in [0.3, 0.4) is 0 Å². The molecule has 11 heteroatoms. The number of nitro benzene ring substituents is 1. The maximum absolute atomic E-state index is 12.7. The van der Waals surface area contributed by atoms with Gasteiger partial charge in [-0.15, -0.1) is 0 Å². The summed E-state index contributed by atoms with van der Waals surface area (Å²) in [5.74, 6) is 0.178. The van der Waals surface area contributed by atoms with Crippen molar-refractivity contribution in [3.63, 3.8) is 0 Å². The number of nitrogens with zero attached hydrogens (tertiary/aromatic N) is 2. The molecule has 1 N–H and O–H groups in total. The summed E-state index contributed by atoms with van der Waals surface area (Å²) in [7, 11) is 1.51. The molecule has 3 rings (SSSR count). The van der Waals surface area contributed by atoms with Crippen molar-refractivity contribution in [1.82, 2.24) is 10.2 Å². The molecule has 0 radical (unpaired) electrons. The minimum atomic E-state index is -0.546. The molecule has 1 aliphatic heterocycles. The van der Waals surface area contributed by atoms with Crippen molar-refractivity contribution in [2.75, 3.05) is 26.8 Å². The minimum Gasteiger partial charge on any atom is -0.493 e. The van der Waals surface area contributed by atoms with Crippen molar-refractivity contribution < 1.29 is 28.8 Å². The molecule has 0 aromatic heterocycles. The molecular formula is C23H23N3O7S. The van der Waals surface area contributed by atoms with Crippen LogP contribution in [0.5, 0.6) is 11.5 Å². The summed E-state index contributed by atoms with van der Waals surface area (Å²) in [5.41, 5.74) is 0.813. The van der Waals surface area contributed by atoms with Gasteiger partial charge in [-0.3, -0.25) is 29.4 Å². The smallest absolute Gasteiger partial charge is 0.293 e. The molecule has 1 heterocycles. The molecule has 0 unspecified atom stereocenters. The van der Waals surface area contributed by atoms with Crippen molar-refractivity contribution in [2.24, 2.45) is 0 Å². The normalized spacial score (nSPS) is 14.4. The van der Waals surface area contributed by atoms with E-state index < -0.39 is 22.0 Å². The van der Waals surface area contributed by atoms with E-state index in [4.69, 9.17) is 9.47 Å². The van der Waals surface area contributed by atoms with Crippen molar-refractivity contribution in [3.8, 4) is 11.5 Å². The van der Waals surface area contributed by atoms with Crippen LogP contribution in [0.4, 0.5) is 10.5 Å². The highest BCUT2D eigenvalue weighted by Gasteiger charge is 2.34. The lowest BCUT2D eigenvalue weighted by molar-refractivity contribution is -0.385. The number of imide groups is 1. The number of hydrogen-bond donors (Lipinski definition) is 1. The third-order valence-corrected chi connectivity index (χ3v) is 5.76. The Labute approximate surface area is 200 Å². The first-order chi connectivity index (χ1) is 16.3. The molecule has 0 bridgehead atoms. The first kappa shape index (κ1) is 24.8. The van der Waals surface area contributed by atoms with Crippen LogP contribution in [0.2, 0.25) is 0 Å². The number of carbonyl (C=O) groups excluding carboxylic acids is 3. The van der Waals surface area contributed by atoms with Crippen molar-refractivity contribution in [3.05, 3.63) is 68.6 Å². The molecule has 2 aromatic rings. The second-order valence-corrected chi connectivity index (χ2v) is 8.08. The number of rotatable bonds is 10. The van der Waals surface area contributed by atoms with Crippen LogP contribution >= 0.6 is 11.8 Å². The topological polar surface area (TPSA) is 128 Å². The van der Waals surface area contributed by atoms with Gasteiger partial charge in [0.15, 0.2) is 11.5 Å². The fourth-order valence-electron chi connectivity index (χ4n) is 3.27. The van der Waals surface area contributed by atoms with E-state index in [9.17, 15) is 24.5 Å². The second-order valence-electron chi connectivity index (χ2n) is 7.09. The molecule has 0 atom stereocenters. The zero-order chi connectivity index (χ0) is 24.7. The van der Waals surface area contributed by atoms with Crippen LogP contribution in [-0.4, -0.2) is 53.7 Å². The van der Waals surface area contributed by atoms with Crippen LogP contribution in [0.15, 0.2) is 47.4 Å². The molecule has 0 saturated carbocycles. The first-order valence-electron chi connectivity index (χ1n) is 10.4. The lowest BCUT2D eigenvalue weighted by Gasteiger charge is -2.13. The van der Waals surface area contributed by atoms with E-state index in [1.807, 2.05) is 6.92 Å². The number of benzene rings is 2. The van der Waals surface area contributed by atoms with Gasteiger partial charge < -0.3 is 14.8 Å². The van der Waals surface area contributed by atoms with Gasteiger partial charge in [-0.1, -0.05) is 24.3 Å². The Hall–Kier alpha value is -3.86.